The maximum absolute atomic E-state index is 12.4. The highest BCUT2D eigenvalue weighted by Gasteiger charge is 2.30. The van der Waals surface area contributed by atoms with Crippen LogP contribution in [-0.2, 0) is 17.8 Å². The number of rotatable bonds is 3. The van der Waals surface area contributed by atoms with Gasteiger partial charge in [0.1, 0.15) is 12.2 Å². The minimum absolute atomic E-state index is 0.0511. The number of carbonyl (C=O) groups excluding carboxylic acids is 2. The quantitative estimate of drug-likeness (QED) is 0.782. The lowest BCUT2D eigenvalue weighted by atomic mass is 10.1. The van der Waals surface area contributed by atoms with Crippen LogP contribution in [0.2, 0.25) is 0 Å². The molecule has 0 radical (unpaired) electrons. The molecule has 0 saturated heterocycles. The summed E-state index contributed by atoms with van der Waals surface area (Å²) in [6.45, 7) is 2.11. The van der Waals surface area contributed by atoms with Crippen molar-refractivity contribution in [3.63, 3.8) is 0 Å². The largest absolute Gasteiger partial charge is 0.307 e. The minimum Gasteiger partial charge on any atom is -0.307 e. The van der Waals surface area contributed by atoms with Crippen LogP contribution in [0, 0.1) is 0 Å². The van der Waals surface area contributed by atoms with Gasteiger partial charge in [0.05, 0.1) is 6.20 Å². The highest BCUT2D eigenvalue weighted by atomic mass is 16.2. The van der Waals surface area contributed by atoms with Gasteiger partial charge in [-0.1, -0.05) is 23.4 Å². The van der Waals surface area contributed by atoms with Crippen LogP contribution < -0.4 is 4.90 Å². The van der Waals surface area contributed by atoms with Gasteiger partial charge in [0.25, 0.3) is 0 Å². The molecule has 6 heteroatoms. The van der Waals surface area contributed by atoms with E-state index in [-0.39, 0.29) is 24.2 Å². The second-order valence-electron chi connectivity index (χ2n) is 4.90. The zero-order valence-electron chi connectivity index (χ0n) is 11.1. The van der Waals surface area contributed by atoms with E-state index in [1.165, 1.54) is 16.4 Å². The average molecular weight is 270 g/mol. The van der Waals surface area contributed by atoms with E-state index in [9.17, 15) is 9.59 Å². The molecule has 1 aromatic carbocycles. The van der Waals surface area contributed by atoms with Gasteiger partial charge in [-0.2, -0.15) is 0 Å². The number of amides is 1. The SMILES string of the molecule is CC1Cc2ccccc2N1C(=O)Cn1cc(C=O)nn1. The molecule has 2 aromatic rings. The molecule has 0 bridgehead atoms. The number of benzene rings is 1. The Hall–Kier alpha value is -2.50. The number of hydrogen-bond donors (Lipinski definition) is 0. The Labute approximate surface area is 116 Å². The van der Waals surface area contributed by atoms with Crippen molar-refractivity contribution in [2.24, 2.45) is 0 Å². The van der Waals surface area contributed by atoms with Gasteiger partial charge in [-0.05, 0) is 25.0 Å². The van der Waals surface area contributed by atoms with Gasteiger partial charge in [-0.15, -0.1) is 5.10 Å². The Bertz CT molecular complexity index is 665. The molecule has 3 rings (SSSR count). The minimum atomic E-state index is -0.0511. The first-order chi connectivity index (χ1) is 9.69. The second kappa shape index (κ2) is 4.88. The van der Waals surface area contributed by atoms with E-state index in [4.69, 9.17) is 0 Å². The Morgan fingerprint density at radius 2 is 2.25 bits per heavy atom. The Morgan fingerprint density at radius 3 is 3.00 bits per heavy atom. The number of carbonyl (C=O) groups is 2. The van der Waals surface area contributed by atoms with Gasteiger partial charge in [0.2, 0.25) is 5.91 Å². The topological polar surface area (TPSA) is 68.1 Å². The zero-order chi connectivity index (χ0) is 14.1. The Balaban J connectivity index is 1.82. The van der Waals surface area contributed by atoms with Crippen LogP contribution >= 0.6 is 0 Å². The second-order valence-corrected chi connectivity index (χ2v) is 4.90. The third-order valence-electron chi connectivity index (χ3n) is 3.45. The molecule has 1 amide bonds. The van der Waals surface area contributed by atoms with Gasteiger partial charge in [0.15, 0.2) is 6.29 Å². The van der Waals surface area contributed by atoms with Crippen molar-refractivity contribution in [1.82, 2.24) is 15.0 Å². The molecule has 20 heavy (non-hydrogen) atoms. The molecule has 0 aliphatic carbocycles. The van der Waals surface area contributed by atoms with Crippen molar-refractivity contribution in [1.29, 1.82) is 0 Å². The van der Waals surface area contributed by atoms with Crippen LogP contribution in [0.1, 0.15) is 23.0 Å². The smallest absolute Gasteiger partial charge is 0.249 e. The molecule has 2 heterocycles. The van der Waals surface area contributed by atoms with E-state index >= 15 is 0 Å². The van der Waals surface area contributed by atoms with E-state index in [1.807, 2.05) is 31.2 Å². The monoisotopic (exact) mass is 270 g/mol. The van der Waals surface area contributed by atoms with Gasteiger partial charge in [-0.25, -0.2) is 4.68 Å². The summed E-state index contributed by atoms with van der Waals surface area (Å²) in [5.74, 6) is -0.0511. The first kappa shape index (κ1) is 12.5. The summed E-state index contributed by atoms with van der Waals surface area (Å²) < 4.78 is 1.39. The number of nitrogens with zero attached hydrogens (tertiary/aromatic N) is 4. The van der Waals surface area contributed by atoms with Crippen molar-refractivity contribution in [2.45, 2.75) is 25.9 Å². The lowest BCUT2D eigenvalue weighted by molar-refractivity contribution is -0.119. The van der Waals surface area contributed by atoms with Crippen molar-refractivity contribution >= 4 is 17.9 Å². The summed E-state index contributed by atoms with van der Waals surface area (Å²) in [6.07, 6.45) is 2.94. The van der Waals surface area contributed by atoms with Crippen molar-refractivity contribution in [2.75, 3.05) is 4.90 Å². The standard InChI is InChI=1S/C14H14N4O2/c1-10-6-11-4-2-3-5-13(11)18(10)14(20)8-17-7-12(9-19)15-16-17/h2-5,7,9-10H,6,8H2,1H3. The molecule has 1 aliphatic rings. The van der Waals surface area contributed by atoms with Crippen LogP contribution in [-0.4, -0.2) is 33.2 Å². The maximum atomic E-state index is 12.4. The first-order valence-corrected chi connectivity index (χ1v) is 6.44. The first-order valence-electron chi connectivity index (χ1n) is 6.44. The maximum Gasteiger partial charge on any atom is 0.249 e. The van der Waals surface area contributed by atoms with E-state index in [0.29, 0.717) is 6.29 Å². The van der Waals surface area contributed by atoms with E-state index < -0.39 is 0 Å². The van der Waals surface area contributed by atoms with E-state index in [2.05, 4.69) is 10.3 Å². The molecule has 0 spiro atoms. The molecule has 6 nitrogen and oxygen atoms in total. The van der Waals surface area contributed by atoms with Crippen molar-refractivity contribution < 1.29 is 9.59 Å². The van der Waals surface area contributed by atoms with Crippen LogP contribution in [0.3, 0.4) is 0 Å². The number of fused-ring (bicyclic) bond motifs is 1. The molecule has 0 fully saturated rings. The fraction of sp³-hybridized carbons (Fsp3) is 0.286. The molecule has 1 aliphatic heterocycles. The summed E-state index contributed by atoms with van der Waals surface area (Å²) in [5, 5.41) is 7.42. The van der Waals surface area contributed by atoms with Crippen LogP contribution in [0.15, 0.2) is 30.5 Å². The molecular weight excluding hydrogens is 256 g/mol. The average Bonchev–Trinajstić information content (AvgIpc) is 3.01. The molecular formula is C14H14N4O2. The predicted molar refractivity (Wildman–Crippen MR) is 72.5 cm³/mol. The molecule has 1 atom stereocenters. The number of hydrogen-bond acceptors (Lipinski definition) is 4. The van der Waals surface area contributed by atoms with E-state index in [0.717, 1.165) is 12.1 Å². The summed E-state index contributed by atoms with van der Waals surface area (Å²) in [6, 6.07) is 8.03. The van der Waals surface area contributed by atoms with Crippen LogP contribution in [0.4, 0.5) is 5.69 Å². The normalized spacial score (nSPS) is 17.1. The zero-order valence-corrected chi connectivity index (χ0v) is 11.1. The van der Waals surface area contributed by atoms with Crippen LogP contribution in [0.5, 0.6) is 0 Å². The fourth-order valence-electron chi connectivity index (χ4n) is 2.61. The van der Waals surface area contributed by atoms with Crippen molar-refractivity contribution in [3.05, 3.63) is 41.7 Å². The van der Waals surface area contributed by atoms with Crippen LogP contribution in [0.25, 0.3) is 0 Å². The number of para-hydroxylation sites is 1. The van der Waals surface area contributed by atoms with Crippen molar-refractivity contribution in [3.8, 4) is 0 Å². The third kappa shape index (κ3) is 2.09. The Kier molecular flexibility index (Phi) is 3.06. The van der Waals surface area contributed by atoms with Gasteiger partial charge < -0.3 is 4.90 Å². The highest BCUT2D eigenvalue weighted by Crippen LogP contribution is 2.31. The summed E-state index contributed by atoms with van der Waals surface area (Å²) >= 11 is 0. The highest BCUT2D eigenvalue weighted by molar-refractivity contribution is 5.96. The summed E-state index contributed by atoms with van der Waals surface area (Å²) in [4.78, 5) is 24.8. The number of anilines is 1. The van der Waals surface area contributed by atoms with Gasteiger partial charge in [0, 0.05) is 11.7 Å². The third-order valence-corrected chi connectivity index (χ3v) is 3.45. The molecule has 102 valence electrons. The molecule has 0 saturated carbocycles. The predicted octanol–water partition coefficient (Wildman–Crippen LogP) is 1.07. The number of aldehydes is 1. The van der Waals surface area contributed by atoms with Gasteiger partial charge in [-0.3, -0.25) is 9.59 Å². The van der Waals surface area contributed by atoms with Gasteiger partial charge >= 0.3 is 0 Å². The Morgan fingerprint density at radius 1 is 1.45 bits per heavy atom. The van der Waals surface area contributed by atoms with E-state index in [1.54, 1.807) is 4.90 Å². The molecule has 1 aromatic heterocycles. The lowest BCUT2D eigenvalue weighted by Crippen LogP contribution is -2.38. The molecule has 1 unspecified atom stereocenters. The summed E-state index contributed by atoms with van der Waals surface area (Å²) in [7, 11) is 0. The fourth-order valence-corrected chi connectivity index (χ4v) is 2.61. The lowest BCUT2D eigenvalue weighted by Gasteiger charge is -2.22. The number of aromatic nitrogens is 3. The summed E-state index contributed by atoms with van der Waals surface area (Å²) in [5.41, 5.74) is 2.37. The molecule has 0 N–H and O–H groups in total.